The minimum atomic E-state index is -0.0336. The first kappa shape index (κ1) is 16.6. The van der Waals surface area contributed by atoms with E-state index in [0.717, 1.165) is 25.2 Å². The Bertz CT molecular complexity index is 389. The van der Waals surface area contributed by atoms with Crippen molar-refractivity contribution in [2.24, 2.45) is 0 Å². The highest BCUT2D eigenvalue weighted by atomic mass is 16.1. The van der Waals surface area contributed by atoms with Gasteiger partial charge in [0.15, 0.2) is 0 Å². The second-order valence-electron chi connectivity index (χ2n) is 5.47. The highest BCUT2D eigenvalue weighted by Gasteiger charge is 2.04. The Hall–Kier alpha value is -1.46. The van der Waals surface area contributed by atoms with Crippen LogP contribution in [-0.4, -0.2) is 51.2 Å². The number of carbonyl (C=O) groups is 1. The van der Waals surface area contributed by atoms with E-state index in [0.29, 0.717) is 5.56 Å². The van der Waals surface area contributed by atoms with Crippen molar-refractivity contribution in [2.75, 3.05) is 40.3 Å². The molecule has 1 aromatic heterocycles. The van der Waals surface area contributed by atoms with Crippen LogP contribution in [0.4, 0.5) is 0 Å². The van der Waals surface area contributed by atoms with Gasteiger partial charge in [-0.15, -0.1) is 0 Å². The van der Waals surface area contributed by atoms with E-state index in [1.165, 1.54) is 24.4 Å². The third kappa shape index (κ3) is 7.21. The Balaban J connectivity index is 2.04. The Morgan fingerprint density at radius 3 is 2.70 bits per heavy atom. The maximum absolute atomic E-state index is 11.8. The van der Waals surface area contributed by atoms with E-state index in [2.05, 4.69) is 29.7 Å². The van der Waals surface area contributed by atoms with Crippen LogP contribution >= 0.6 is 0 Å². The zero-order chi connectivity index (χ0) is 14.8. The molecule has 1 heterocycles. The number of nitrogens with two attached hydrogens (primary N) is 1. The van der Waals surface area contributed by atoms with Crippen LogP contribution in [0.2, 0.25) is 0 Å². The number of nitrogens with zero attached hydrogens (tertiary/aromatic N) is 1. The lowest BCUT2D eigenvalue weighted by atomic mass is 10.2. The number of carbonyl (C=O) groups excluding carboxylic acids is 1. The van der Waals surface area contributed by atoms with E-state index in [1.54, 1.807) is 6.20 Å². The van der Waals surface area contributed by atoms with Gasteiger partial charge in [-0.3, -0.25) is 9.78 Å². The molecule has 4 N–H and O–H groups in total. The lowest BCUT2D eigenvalue weighted by Gasteiger charge is -2.07. The van der Waals surface area contributed by atoms with E-state index < -0.39 is 0 Å². The van der Waals surface area contributed by atoms with Crippen molar-refractivity contribution in [1.29, 1.82) is 0 Å². The maximum Gasteiger partial charge on any atom is 0.252 e. The van der Waals surface area contributed by atoms with Gasteiger partial charge in [-0.25, -0.2) is 0 Å². The molecule has 0 atom stereocenters. The lowest BCUT2D eigenvalue weighted by molar-refractivity contribution is -0.860. The zero-order valence-electron chi connectivity index (χ0n) is 12.9. The van der Waals surface area contributed by atoms with Gasteiger partial charge in [0.05, 0.1) is 39.3 Å². The number of hydrogen-bond donors (Lipinski definition) is 3. The fourth-order valence-corrected chi connectivity index (χ4v) is 1.90. The summed E-state index contributed by atoms with van der Waals surface area (Å²) in [6.07, 6.45) is 3.87. The van der Waals surface area contributed by atoms with Crippen molar-refractivity contribution in [2.45, 2.75) is 19.8 Å². The molecule has 0 bridgehead atoms. The van der Waals surface area contributed by atoms with Gasteiger partial charge in [-0.2, -0.15) is 0 Å². The van der Waals surface area contributed by atoms with Crippen molar-refractivity contribution >= 4 is 5.91 Å². The number of hydrogen-bond acceptors (Lipinski definition) is 2. The summed E-state index contributed by atoms with van der Waals surface area (Å²) in [6.45, 7) is 6.08. The maximum atomic E-state index is 11.8. The highest BCUT2D eigenvalue weighted by molar-refractivity contribution is 5.93. The van der Waals surface area contributed by atoms with Crippen LogP contribution in [0.1, 0.15) is 28.9 Å². The summed E-state index contributed by atoms with van der Waals surface area (Å²) in [5.41, 5.74) is 1.56. The number of nitrogens with one attached hydrogen (secondary N) is 2. The molecule has 0 spiro atoms. The number of amides is 1. The van der Waals surface area contributed by atoms with Gasteiger partial charge in [0.2, 0.25) is 0 Å². The van der Waals surface area contributed by atoms with Gasteiger partial charge in [0, 0.05) is 31.3 Å². The Morgan fingerprint density at radius 1 is 1.30 bits per heavy atom. The SMILES string of the molecule is Cc1ccc(C(=O)NCCC[NH2+]CCC[NH+](C)C)cn1. The van der Waals surface area contributed by atoms with E-state index in [1.807, 2.05) is 19.1 Å². The monoisotopic (exact) mass is 280 g/mol. The van der Waals surface area contributed by atoms with Gasteiger partial charge in [-0.1, -0.05) is 0 Å². The first-order valence-electron chi connectivity index (χ1n) is 7.41. The normalized spacial score (nSPS) is 10.8. The molecule has 5 heteroatoms. The number of aromatic nitrogens is 1. The van der Waals surface area contributed by atoms with Crippen molar-refractivity contribution in [3.05, 3.63) is 29.6 Å². The molecular weight excluding hydrogens is 252 g/mol. The summed E-state index contributed by atoms with van der Waals surface area (Å²) >= 11 is 0. The third-order valence-corrected chi connectivity index (χ3v) is 3.13. The zero-order valence-corrected chi connectivity index (χ0v) is 12.9. The van der Waals surface area contributed by atoms with Crippen LogP contribution in [0.25, 0.3) is 0 Å². The van der Waals surface area contributed by atoms with E-state index in [9.17, 15) is 4.79 Å². The third-order valence-electron chi connectivity index (χ3n) is 3.13. The molecule has 5 nitrogen and oxygen atoms in total. The molecule has 1 rings (SSSR count). The number of rotatable bonds is 9. The molecule has 1 amide bonds. The molecule has 1 aromatic rings. The molecule has 0 aliphatic heterocycles. The second-order valence-corrected chi connectivity index (χ2v) is 5.47. The fraction of sp³-hybridized carbons (Fsp3) is 0.600. The summed E-state index contributed by atoms with van der Waals surface area (Å²) in [5.74, 6) is -0.0336. The molecule has 0 saturated carbocycles. The average molecular weight is 280 g/mol. The fourth-order valence-electron chi connectivity index (χ4n) is 1.90. The molecule has 0 aromatic carbocycles. The van der Waals surface area contributed by atoms with Crippen LogP contribution in [0, 0.1) is 6.92 Å². The summed E-state index contributed by atoms with van der Waals surface area (Å²) in [4.78, 5) is 17.4. The quantitative estimate of drug-likeness (QED) is 0.488. The largest absolute Gasteiger partial charge is 0.352 e. The van der Waals surface area contributed by atoms with Crippen molar-refractivity contribution in [1.82, 2.24) is 10.3 Å². The molecular formula is C15H28N4O+2. The van der Waals surface area contributed by atoms with Crippen molar-refractivity contribution in [3.63, 3.8) is 0 Å². The predicted octanol–water partition coefficient (Wildman–Crippen LogP) is -1.39. The predicted molar refractivity (Wildman–Crippen MR) is 79.9 cm³/mol. The van der Waals surface area contributed by atoms with Gasteiger partial charge >= 0.3 is 0 Å². The summed E-state index contributed by atoms with van der Waals surface area (Å²) in [7, 11) is 4.35. The van der Waals surface area contributed by atoms with Crippen LogP contribution in [0.3, 0.4) is 0 Å². The molecule has 0 saturated heterocycles. The molecule has 0 aliphatic carbocycles. The average Bonchev–Trinajstić information content (AvgIpc) is 2.42. The lowest BCUT2D eigenvalue weighted by Crippen LogP contribution is -3.06. The molecule has 0 aliphatic rings. The van der Waals surface area contributed by atoms with Crippen LogP contribution in [-0.2, 0) is 0 Å². The van der Waals surface area contributed by atoms with Gasteiger partial charge in [0.25, 0.3) is 5.91 Å². The second kappa shape index (κ2) is 9.44. The first-order chi connectivity index (χ1) is 9.59. The molecule has 0 unspecified atom stereocenters. The minimum Gasteiger partial charge on any atom is -0.352 e. The Kier molecular flexibility index (Phi) is 7.84. The highest BCUT2D eigenvalue weighted by Crippen LogP contribution is 1.98. The van der Waals surface area contributed by atoms with Crippen LogP contribution in [0.5, 0.6) is 0 Å². The van der Waals surface area contributed by atoms with Crippen molar-refractivity contribution < 1.29 is 15.0 Å². The molecule has 20 heavy (non-hydrogen) atoms. The van der Waals surface area contributed by atoms with Crippen molar-refractivity contribution in [3.8, 4) is 0 Å². The minimum absolute atomic E-state index is 0.0336. The molecule has 0 fully saturated rings. The number of aryl methyl sites for hydroxylation is 1. The summed E-state index contributed by atoms with van der Waals surface area (Å²) in [5, 5.41) is 5.25. The van der Waals surface area contributed by atoms with E-state index >= 15 is 0 Å². The smallest absolute Gasteiger partial charge is 0.252 e. The number of pyridine rings is 1. The van der Waals surface area contributed by atoms with E-state index in [4.69, 9.17) is 0 Å². The van der Waals surface area contributed by atoms with Gasteiger partial charge in [-0.05, 0) is 19.1 Å². The Labute approximate surface area is 121 Å². The molecule has 0 radical (unpaired) electrons. The van der Waals surface area contributed by atoms with Gasteiger partial charge < -0.3 is 15.5 Å². The molecule has 112 valence electrons. The first-order valence-corrected chi connectivity index (χ1v) is 7.41. The number of quaternary nitrogens is 2. The van der Waals surface area contributed by atoms with Crippen LogP contribution in [0.15, 0.2) is 18.3 Å². The van der Waals surface area contributed by atoms with Crippen LogP contribution < -0.4 is 15.5 Å². The van der Waals surface area contributed by atoms with Gasteiger partial charge in [0.1, 0.15) is 0 Å². The summed E-state index contributed by atoms with van der Waals surface area (Å²) < 4.78 is 0. The standard InChI is InChI=1S/C15H26N4O/c1-13-6-7-14(12-18-13)15(20)17-10-4-8-16-9-5-11-19(2)3/h6-7,12,16H,4-5,8-11H2,1-3H3,(H,17,20)/p+2. The topological polar surface area (TPSA) is 63.0 Å². The summed E-state index contributed by atoms with van der Waals surface area (Å²) in [6, 6.07) is 3.67. The Morgan fingerprint density at radius 2 is 2.05 bits per heavy atom. The van der Waals surface area contributed by atoms with E-state index in [-0.39, 0.29) is 5.91 Å².